The van der Waals surface area contributed by atoms with Crippen LogP contribution in [-0.2, 0) is 12.8 Å². The number of alkyl halides is 3. The average Bonchev–Trinajstić information content (AvgIpc) is 2.70. The van der Waals surface area contributed by atoms with Gasteiger partial charge in [-0.15, -0.1) is 0 Å². The first-order chi connectivity index (χ1) is 9.25. The zero-order chi connectivity index (χ0) is 15.1. The summed E-state index contributed by atoms with van der Waals surface area (Å²) in [6, 6.07) is 3.62. The molecule has 3 nitrogen and oxygen atoms in total. The summed E-state index contributed by atoms with van der Waals surface area (Å²) in [5.74, 6) is 0. The second-order valence-corrected chi connectivity index (χ2v) is 4.83. The summed E-state index contributed by atoms with van der Waals surface area (Å²) in [7, 11) is 0. The van der Waals surface area contributed by atoms with Crippen molar-refractivity contribution in [2.24, 2.45) is 0 Å². The van der Waals surface area contributed by atoms with Crippen LogP contribution in [0.25, 0.3) is 5.69 Å². The predicted molar refractivity (Wildman–Crippen MR) is 68.7 cm³/mol. The minimum Gasteiger partial charge on any atom is -0.392 e. The van der Waals surface area contributed by atoms with Crippen molar-refractivity contribution in [3.63, 3.8) is 0 Å². The van der Waals surface area contributed by atoms with Gasteiger partial charge in [-0.25, -0.2) is 4.68 Å². The van der Waals surface area contributed by atoms with E-state index in [-0.39, 0.29) is 5.56 Å². The molecular weight excluding hydrogens is 269 g/mol. The van der Waals surface area contributed by atoms with Crippen LogP contribution in [0.2, 0.25) is 0 Å². The van der Waals surface area contributed by atoms with Crippen molar-refractivity contribution < 1.29 is 18.3 Å². The highest BCUT2D eigenvalue weighted by atomic mass is 19.4. The van der Waals surface area contributed by atoms with Crippen molar-refractivity contribution in [2.75, 3.05) is 0 Å². The number of hydrogen-bond donors (Lipinski definition) is 1. The van der Waals surface area contributed by atoms with Gasteiger partial charge in [0.25, 0.3) is 0 Å². The number of aryl methyl sites for hydroxylation is 3. The van der Waals surface area contributed by atoms with Gasteiger partial charge in [-0.3, -0.25) is 0 Å². The van der Waals surface area contributed by atoms with Crippen molar-refractivity contribution in [1.29, 1.82) is 0 Å². The van der Waals surface area contributed by atoms with Crippen LogP contribution in [-0.4, -0.2) is 14.9 Å². The summed E-state index contributed by atoms with van der Waals surface area (Å²) in [6.07, 6.45) is -3.51. The lowest BCUT2D eigenvalue weighted by Gasteiger charge is -2.16. The van der Waals surface area contributed by atoms with Crippen LogP contribution in [0, 0.1) is 20.8 Å². The minimum atomic E-state index is -4.57. The van der Waals surface area contributed by atoms with Gasteiger partial charge in [-0.05, 0) is 31.9 Å². The van der Waals surface area contributed by atoms with E-state index in [4.69, 9.17) is 5.11 Å². The van der Waals surface area contributed by atoms with Crippen molar-refractivity contribution >= 4 is 0 Å². The molecule has 1 N–H and O–H groups in total. The summed E-state index contributed by atoms with van der Waals surface area (Å²) in [6.45, 7) is 4.68. The van der Waals surface area contributed by atoms with Gasteiger partial charge in [0.05, 0.1) is 18.5 Å². The molecule has 0 aliphatic rings. The molecule has 108 valence electrons. The van der Waals surface area contributed by atoms with Crippen molar-refractivity contribution in [3.8, 4) is 5.69 Å². The Morgan fingerprint density at radius 3 is 2.15 bits per heavy atom. The van der Waals surface area contributed by atoms with E-state index < -0.39 is 18.5 Å². The van der Waals surface area contributed by atoms with E-state index in [2.05, 4.69) is 5.10 Å². The Morgan fingerprint density at radius 2 is 1.70 bits per heavy atom. The molecule has 0 amide bonds. The molecule has 6 heteroatoms. The van der Waals surface area contributed by atoms with Crippen molar-refractivity contribution in [1.82, 2.24) is 9.78 Å². The number of aromatic nitrogens is 2. The van der Waals surface area contributed by atoms with E-state index in [1.807, 2.05) is 19.1 Å². The summed E-state index contributed by atoms with van der Waals surface area (Å²) in [5, 5.41) is 12.9. The maximum absolute atomic E-state index is 13.2. The van der Waals surface area contributed by atoms with Gasteiger partial charge in [-0.1, -0.05) is 17.7 Å². The van der Waals surface area contributed by atoms with Crippen molar-refractivity contribution in [2.45, 2.75) is 33.6 Å². The second-order valence-electron chi connectivity index (χ2n) is 4.83. The summed E-state index contributed by atoms with van der Waals surface area (Å²) in [5.41, 5.74) is 1.66. The smallest absolute Gasteiger partial charge is 0.392 e. The normalized spacial score (nSPS) is 11.9. The fourth-order valence-corrected chi connectivity index (χ4v) is 2.48. The topological polar surface area (TPSA) is 38.0 Å². The highest BCUT2D eigenvalue weighted by Gasteiger charge is 2.38. The van der Waals surface area contributed by atoms with E-state index in [1.54, 1.807) is 13.8 Å². The molecule has 0 aliphatic heterocycles. The average molecular weight is 284 g/mol. The Morgan fingerprint density at radius 1 is 1.15 bits per heavy atom. The van der Waals surface area contributed by atoms with Crippen LogP contribution in [0.1, 0.15) is 27.9 Å². The van der Waals surface area contributed by atoms with Crippen molar-refractivity contribution in [3.05, 3.63) is 46.3 Å². The Bertz CT molecular complexity index is 621. The highest BCUT2D eigenvalue weighted by molar-refractivity contribution is 5.50. The number of benzene rings is 1. The zero-order valence-corrected chi connectivity index (χ0v) is 11.4. The third kappa shape index (κ3) is 2.43. The third-order valence-electron chi connectivity index (χ3n) is 3.13. The predicted octanol–water partition coefficient (Wildman–Crippen LogP) is 3.31. The van der Waals surface area contributed by atoms with Crippen LogP contribution in [0.4, 0.5) is 13.2 Å². The summed E-state index contributed by atoms with van der Waals surface area (Å²) < 4.78 is 40.4. The van der Waals surface area contributed by atoms with Gasteiger partial charge in [0.2, 0.25) is 0 Å². The largest absolute Gasteiger partial charge is 0.433 e. The standard InChI is InChI=1S/C14H15F3N2O/c1-8-4-9(2)12(10(3)5-8)19-13(14(15,16)17)11(7-20)6-18-19/h4-6,20H,7H2,1-3H3. The molecule has 1 aromatic carbocycles. The monoisotopic (exact) mass is 284 g/mol. The molecule has 0 bridgehead atoms. The first-order valence-corrected chi connectivity index (χ1v) is 6.09. The Hall–Kier alpha value is -1.82. The van der Waals surface area contributed by atoms with Gasteiger partial charge in [-0.2, -0.15) is 18.3 Å². The number of aliphatic hydroxyl groups is 1. The first kappa shape index (κ1) is 14.6. The first-order valence-electron chi connectivity index (χ1n) is 6.09. The molecule has 0 atom stereocenters. The van der Waals surface area contributed by atoms with Gasteiger partial charge in [0.1, 0.15) is 0 Å². The Kier molecular flexibility index (Phi) is 3.60. The highest BCUT2D eigenvalue weighted by Crippen LogP contribution is 2.35. The second kappa shape index (κ2) is 4.94. The molecule has 0 unspecified atom stereocenters. The molecule has 2 rings (SSSR count). The maximum Gasteiger partial charge on any atom is 0.433 e. The van der Waals surface area contributed by atoms with E-state index in [0.29, 0.717) is 16.8 Å². The van der Waals surface area contributed by atoms with E-state index in [0.717, 1.165) is 16.4 Å². The molecule has 0 spiro atoms. The number of halogens is 3. The molecule has 1 aromatic heterocycles. The molecule has 2 aromatic rings. The summed E-state index contributed by atoms with van der Waals surface area (Å²) in [4.78, 5) is 0. The van der Waals surface area contributed by atoms with Crippen LogP contribution >= 0.6 is 0 Å². The van der Waals surface area contributed by atoms with Gasteiger partial charge < -0.3 is 5.11 Å². The van der Waals surface area contributed by atoms with Gasteiger partial charge in [0, 0.05) is 5.56 Å². The van der Waals surface area contributed by atoms with Gasteiger partial charge in [0.15, 0.2) is 5.69 Å². The SMILES string of the molecule is Cc1cc(C)c(-n2ncc(CO)c2C(F)(F)F)c(C)c1. The minimum absolute atomic E-state index is 0.225. The number of nitrogens with zero attached hydrogens (tertiary/aromatic N) is 2. The lowest BCUT2D eigenvalue weighted by Crippen LogP contribution is -2.17. The number of hydrogen-bond acceptors (Lipinski definition) is 2. The van der Waals surface area contributed by atoms with Crippen LogP contribution in [0.5, 0.6) is 0 Å². The third-order valence-corrected chi connectivity index (χ3v) is 3.13. The molecule has 0 saturated heterocycles. The van der Waals surface area contributed by atoms with Gasteiger partial charge >= 0.3 is 6.18 Å². The van der Waals surface area contributed by atoms with Crippen LogP contribution < -0.4 is 0 Å². The van der Waals surface area contributed by atoms with E-state index in [1.165, 1.54) is 0 Å². The number of aliphatic hydroxyl groups excluding tert-OH is 1. The lowest BCUT2D eigenvalue weighted by molar-refractivity contribution is -0.143. The fourth-order valence-electron chi connectivity index (χ4n) is 2.48. The Labute approximate surface area is 114 Å². The van der Waals surface area contributed by atoms with E-state index in [9.17, 15) is 13.2 Å². The Balaban J connectivity index is 2.75. The molecular formula is C14H15F3N2O. The molecule has 20 heavy (non-hydrogen) atoms. The lowest BCUT2D eigenvalue weighted by atomic mass is 10.0. The maximum atomic E-state index is 13.2. The number of rotatable bonds is 2. The molecule has 0 radical (unpaired) electrons. The molecule has 0 aliphatic carbocycles. The zero-order valence-electron chi connectivity index (χ0n) is 11.4. The van der Waals surface area contributed by atoms with Crippen LogP contribution in [0.3, 0.4) is 0 Å². The quantitative estimate of drug-likeness (QED) is 0.918. The fraction of sp³-hybridized carbons (Fsp3) is 0.357. The molecule has 1 heterocycles. The summed E-state index contributed by atoms with van der Waals surface area (Å²) >= 11 is 0. The van der Waals surface area contributed by atoms with E-state index >= 15 is 0 Å². The molecule has 0 saturated carbocycles. The van der Waals surface area contributed by atoms with Crippen LogP contribution in [0.15, 0.2) is 18.3 Å². The molecule has 0 fully saturated rings.